The van der Waals surface area contributed by atoms with Gasteiger partial charge in [0.15, 0.2) is 5.78 Å². The molecule has 222 valence electrons. The Morgan fingerprint density at radius 2 is 1.02 bits per heavy atom. The summed E-state index contributed by atoms with van der Waals surface area (Å²) in [5.74, 6) is -4.69. The van der Waals surface area contributed by atoms with Gasteiger partial charge in [0.2, 0.25) is 0 Å². The number of hydrogen-bond acceptors (Lipinski definition) is 7. The molecule has 0 aliphatic heterocycles. The first-order valence-corrected chi connectivity index (χ1v) is 12.0. The molecule has 2 atom stereocenters. The quantitative estimate of drug-likeness (QED) is 0.0855. The van der Waals surface area contributed by atoms with Crippen LogP contribution >= 0.6 is 0 Å². The molecule has 0 spiro atoms. The lowest BCUT2D eigenvalue weighted by atomic mass is 9.81. The topological polar surface area (TPSA) is 113 Å². The van der Waals surface area contributed by atoms with E-state index in [4.69, 9.17) is 9.47 Å². The molecule has 0 amide bonds. The van der Waals surface area contributed by atoms with Gasteiger partial charge in [0.05, 0.1) is 16.1 Å². The number of ether oxygens (including phenoxy) is 2. The van der Waals surface area contributed by atoms with Crippen molar-refractivity contribution in [3.05, 3.63) is 111 Å². The van der Waals surface area contributed by atoms with E-state index in [2.05, 4.69) is 0 Å². The summed E-state index contributed by atoms with van der Waals surface area (Å²) in [5, 5.41) is 11.1. The average Bonchev–Trinajstić information content (AvgIpc) is 2.90. The number of nitro groups is 1. The van der Waals surface area contributed by atoms with E-state index in [-0.39, 0.29) is 22.4 Å². The van der Waals surface area contributed by atoms with Gasteiger partial charge in [0.25, 0.3) is 5.69 Å². The van der Waals surface area contributed by atoms with E-state index in [1.165, 1.54) is 0 Å². The van der Waals surface area contributed by atoms with Crippen LogP contribution in [0.15, 0.2) is 72.8 Å². The summed E-state index contributed by atoms with van der Waals surface area (Å²) in [4.78, 5) is 48.6. The minimum absolute atomic E-state index is 0.137. The summed E-state index contributed by atoms with van der Waals surface area (Å²) < 4.78 is 90.0. The lowest BCUT2D eigenvalue weighted by molar-refractivity contribution is -0.384. The second-order valence-electron chi connectivity index (χ2n) is 8.99. The fraction of sp³-hybridized carbons (Fsp3) is 0.250. The molecule has 0 N–H and O–H groups in total. The van der Waals surface area contributed by atoms with Gasteiger partial charge in [-0.25, -0.2) is 0 Å². The van der Waals surface area contributed by atoms with Crippen molar-refractivity contribution in [1.29, 1.82) is 0 Å². The lowest BCUT2D eigenvalue weighted by Gasteiger charge is -2.32. The first-order chi connectivity index (χ1) is 19.5. The molecule has 14 heteroatoms. The Morgan fingerprint density at radius 1 is 0.667 bits per heavy atom. The molecule has 0 aromatic heterocycles. The van der Waals surface area contributed by atoms with E-state index in [0.29, 0.717) is 24.3 Å². The summed E-state index contributed by atoms with van der Waals surface area (Å²) in [6, 6.07) is 10.5. The Kier molecular flexibility index (Phi) is 9.39. The van der Waals surface area contributed by atoms with Crippen LogP contribution in [0, 0.1) is 16.0 Å². The van der Waals surface area contributed by atoms with Crippen molar-refractivity contribution in [1.82, 2.24) is 0 Å². The summed E-state index contributed by atoms with van der Waals surface area (Å²) in [6.45, 7) is 1.90. The molecular formula is C28H21F6NO7. The summed E-state index contributed by atoms with van der Waals surface area (Å²) in [7, 11) is 0. The summed E-state index contributed by atoms with van der Waals surface area (Å²) >= 11 is 0. The largest absolute Gasteiger partial charge is 0.457 e. The molecule has 42 heavy (non-hydrogen) atoms. The second kappa shape index (κ2) is 12.4. The predicted octanol–water partition coefficient (Wildman–Crippen LogP) is 7.04. The van der Waals surface area contributed by atoms with Gasteiger partial charge in [-0.3, -0.25) is 24.5 Å². The minimum Gasteiger partial charge on any atom is -0.457 e. The summed E-state index contributed by atoms with van der Waals surface area (Å²) in [5.41, 5.74) is -3.00. The van der Waals surface area contributed by atoms with Crippen LogP contribution in [0.5, 0.6) is 0 Å². The molecule has 0 unspecified atom stereocenters. The Bertz CT molecular complexity index is 1370. The molecule has 3 aromatic carbocycles. The monoisotopic (exact) mass is 597 g/mol. The van der Waals surface area contributed by atoms with E-state index in [1.54, 1.807) is 0 Å². The van der Waals surface area contributed by atoms with E-state index >= 15 is 0 Å². The van der Waals surface area contributed by atoms with E-state index in [1.807, 2.05) is 0 Å². The molecule has 0 saturated carbocycles. The number of nitrogens with zero attached hydrogens (tertiary/aromatic N) is 1. The van der Waals surface area contributed by atoms with Gasteiger partial charge in [-0.1, -0.05) is 24.3 Å². The Balaban J connectivity index is 2.25. The molecule has 3 rings (SSSR count). The highest BCUT2D eigenvalue weighted by Gasteiger charge is 2.43. The fourth-order valence-electron chi connectivity index (χ4n) is 4.15. The van der Waals surface area contributed by atoms with Crippen molar-refractivity contribution < 1.29 is 55.1 Å². The number of alkyl halides is 6. The van der Waals surface area contributed by atoms with Crippen LogP contribution in [0.2, 0.25) is 0 Å². The van der Waals surface area contributed by atoms with Crippen molar-refractivity contribution >= 4 is 23.4 Å². The zero-order chi connectivity index (χ0) is 31.4. The predicted molar refractivity (Wildman–Crippen MR) is 133 cm³/mol. The van der Waals surface area contributed by atoms with Crippen molar-refractivity contribution in [3.8, 4) is 0 Å². The highest BCUT2D eigenvalue weighted by molar-refractivity contribution is 5.99. The van der Waals surface area contributed by atoms with E-state index < -0.39 is 64.3 Å². The maximum Gasteiger partial charge on any atom is 0.416 e. The Morgan fingerprint density at radius 3 is 1.31 bits per heavy atom. The number of non-ortho nitro benzene ring substituents is 1. The molecule has 3 aromatic rings. The van der Waals surface area contributed by atoms with Gasteiger partial charge in [-0.15, -0.1) is 0 Å². The second-order valence-corrected chi connectivity index (χ2v) is 8.99. The average molecular weight is 597 g/mol. The fourth-order valence-corrected chi connectivity index (χ4v) is 4.15. The third-order valence-corrected chi connectivity index (χ3v) is 6.04. The van der Waals surface area contributed by atoms with Crippen LogP contribution in [0.25, 0.3) is 0 Å². The zero-order valence-corrected chi connectivity index (χ0v) is 21.7. The normalized spacial score (nSPS) is 13.3. The molecule has 0 aliphatic carbocycles. The smallest absolute Gasteiger partial charge is 0.416 e. The van der Waals surface area contributed by atoms with Gasteiger partial charge in [0.1, 0.15) is 18.1 Å². The summed E-state index contributed by atoms with van der Waals surface area (Å²) in [6.07, 6.45) is -12.9. The van der Waals surface area contributed by atoms with Crippen molar-refractivity contribution in [2.75, 3.05) is 0 Å². The van der Waals surface area contributed by atoms with Crippen LogP contribution in [0.3, 0.4) is 0 Å². The SMILES string of the molecule is CC(=O)O[C@@H](c1ccc(C(F)(F)F)cc1)C(C(=O)c1ccc([N+](=O)[O-])cc1)[C@@H](OC(C)=O)c1ccc(C(F)(F)F)cc1. The zero-order valence-electron chi connectivity index (χ0n) is 21.7. The minimum atomic E-state index is -4.73. The van der Waals surface area contributed by atoms with Gasteiger partial charge in [-0.05, 0) is 47.5 Å². The Hall–Kier alpha value is -4.75. The number of halogens is 6. The van der Waals surface area contributed by atoms with Crippen molar-refractivity contribution in [2.24, 2.45) is 5.92 Å². The number of carbonyl (C=O) groups is 3. The van der Waals surface area contributed by atoms with Gasteiger partial charge >= 0.3 is 24.3 Å². The number of benzene rings is 3. The highest BCUT2D eigenvalue weighted by atomic mass is 19.4. The number of esters is 2. The Labute approximate surface area is 234 Å². The number of carbonyl (C=O) groups excluding carboxylic acids is 3. The molecule has 0 aliphatic rings. The van der Waals surface area contributed by atoms with Crippen LogP contribution in [-0.4, -0.2) is 22.6 Å². The number of rotatable bonds is 9. The van der Waals surface area contributed by atoms with Crippen molar-refractivity contribution in [2.45, 2.75) is 38.4 Å². The van der Waals surface area contributed by atoms with Crippen molar-refractivity contribution in [3.63, 3.8) is 0 Å². The molecule has 8 nitrogen and oxygen atoms in total. The third-order valence-electron chi connectivity index (χ3n) is 6.04. The molecule has 0 bridgehead atoms. The molecule has 0 saturated heterocycles. The van der Waals surface area contributed by atoms with Gasteiger partial charge in [0, 0.05) is 31.5 Å². The van der Waals surface area contributed by atoms with E-state index in [9.17, 15) is 50.8 Å². The first-order valence-electron chi connectivity index (χ1n) is 12.0. The van der Waals surface area contributed by atoms with Gasteiger partial charge < -0.3 is 9.47 Å². The first kappa shape index (κ1) is 31.8. The maximum absolute atomic E-state index is 14.0. The number of hydrogen-bond donors (Lipinski definition) is 0. The maximum atomic E-state index is 14.0. The molecule has 0 fully saturated rings. The standard InChI is InChI=1S/C28H21F6NO7/c1-15(36)41-25(18-3-9-20(10-4-18)27(29,30)31)23(24(38)17-7-13-22(14-8-17)35(39)40)26(42-16(2)37)19-5-11-21(12-6-19)28(32,33)34/h3-14,23,25-26H,1-2H3/t25-,26-/m0/s1. The molecule has 0 radical (unpaired) electrons. The number of ketones is 1. The third kappa shape index (κ3) is 7.71. The van der Waals surface area contributed by atoms with Crippen LogP contribution < -0.4 is 0 Å². The van der Waals surface area contributed by atoms with E-state index in [0.717, 1.165) is 62.4 Å². The number of nitro benzene ring substituents is 1. The lowest BCUT2D eigenvalue weighted by Crippen LogP contribution is -2.33. The molecular weight excluding hydrogens is 576 g/mol. The highest BCUT2D eigenvalue weighted by Crippen LogP contribution is 2.42. The number of Topliss-reactive ketones (excluding diaryl/α,β-unsaturated/α-hetero) is 1. The van der Waals surface area contributed by atoms with Crippen LogP contribution in [0.1, 0.15) is 58.7 Å². The van der Waals surface area contributed by atoms with Gasteiger partial charge in [-0.2, -0.15) is 26.3 Å². The van der Waals surface area contributed by atoms with Crippen LogP contribution in [-0.2, 0) is 31.4 Å². The molecule has 0 heterocycles. The van der Waals surface area contributed by atoms with Crippen LogP contribution in [0.4, 0.5) is 32.0 Å².